The lowest BCUT2D eigenvalue weighted by molar-refractivity contribution is 0.198. The number of nitrogens with zero attached hydrogens (tertiary/aromatic N) is 2. The molecule has 1 saturated heterocycles. The highest BCUT2D eigenvalue weighted by atomic mass is 16.5. The van der Waals surface area contributed by atoms with Crippen LogP contribution in [0.3, 0.4) is 0 Å². The summed E-state index contributed by atoms with van der Waals surface area (Å²) in [5, 5.41) is 11.1. The molecule has 23 heavy (non-hydrogen) atoms. The van der Waals surface area contributed by atoms with E-state index in [9.17, 15) is 0 Å². The maximum absolute atomic E-state index is 5.32. The van der Waals surface area contributed by atoms with Gasteiger partial charge in [0.05, 0.1) is 19.0 Å². The third-order valence-electron chi connectivity index (χ3n) is 4.61. The van der Waals surface area contributed by atoms with Crippen LogP contribution in [0.15, 0.2) is 30.5 Å². The molecule has 5 heteroatoms. The predicted octanol–water partition coefficient (Wildman–Crippen LogP) is 2.66. The number of methoxy groups -OCH3 is 1. The molecule has 3 rings (SSSR count). The standard InChI is InChI=1S/C18H26N4O/c1-3-22-9-5-7-16(13-22)19-11-15-12-20-21-18(15)14-6-4-8-17(10-14)23-2/h4,6,8,10,12,16,19H,3,5,7,9,11,13H2,1-2H3,(H,20,21)/t16-/m1/s1. The van der Waals surface area contributed by atoms with Crippen molar-refractivity contribution in [1.29, 1.82) is 0 Å². The van der Waals surface area contributed by atoms with E-state index in [0.29, 0.717) is 6.04 Å². The SMILES string of the molecule is CCN1CCC[C@@H](NCc2cn[nH]c2-c2cccc(OC)c2)C1. The van der Waals surface area contributed by atoms with Gasteiger partial charge in [0.1, 0.15) is 5.75 Å². The Bertz CT molecular complexity index is 625. The molecule has 1 aromatic carbocycles. The van der Waals surface area contributed by atoms with Gasteiger partial charge in [-0.3, -0.25) is 5.10 Å². The molecule has 0 bridgehead atoms. The van der Waals surface area contributed by atoms with Crippen LogP contribution in [0.1, 0.15) is 25.3 Å². The summed E-state index contributed by atoms with van der Waals surface area (Å²) in [5.41, 5.74) is 3.38. The lowest BCUT2D eigenvalue weighted by Crippen LogP contribution is -2.45. The van der Waals surface area contributed by atoms with Gasteiger partial charge in [0, 0.05) is 30.3 Å². The number of rotatable bonds is 6. The first kappa shape index (κ1) is 16.0. The zero-order valence-corrected chi connectivity index (χ0v) is 14.0. The van der Waals surface area contributed by atoms with Crippen molar-refractivity contribution in [2.24, 2.45) is 0 Å². The highest BCUT2D eigenvalue weighted by molar-refractivity contribution is 5.64. The fourth-order valence-corrected chi connectivity index (χ4v) is 3.24. The summed E-state index contributed by atoms with van der Waals surface area (Å²) in [7, 11) is 1.69. The minimum Gasteiger partial charge on any atom is -0.497 e. The van der Waals surface area contributed by atoms with Crippen LogP contribution < -0.4 is 10.1 Å². The number of hydrogen-bond acceptors (Lipinski definition) is 4. The Morgan fingerprint density at radius 2 is 2.35 bits per heavy atom. The molecule has 5 nitrogen and oxygen atoms in total. The maximum atomic E-state index is 5.32. The molecule has 0 radical (unpaired) electrons. The Hall–Kier alpha value is -1.85. The van der Waals surface area contributed by atoms with E-state index in [1.165, 1.54) is 24.9 Å². The van der Waals surface area contributed by atoms with Gasteiger partial charge >= 0.3 is 0 Å². The molecule has 124 valence electrons. The number of ether oxygens (including phenoxy) is 1. The monoisotopic (exact) mass is 314 g/mol. The number of hydrogen-bond donors (Lipinski definition) is 2. The van der Waals surface area contributed by atoms with Crippen molar-refractivity contribution in [3.05, 3.63) is 36.0 Å². The number of aromatic nitrogens is 2. The number of nitrogens with one attached hydrogen (secondary N) is 2. The van der Waals surface area contributed by atoms with Crippen LogP contribution in [-0.4, -0.2) is 47.9 Å². The summed E-state index contributed by atoms with van der Waals surface area (Å²) >= 11 is 0. The van der Waals surface area contributed by atoms with Crippen LogP contribution in [0, 0.1) is 0 Å². The Balaban J connectivity index is 1.66. The maximum Gasteiger partial charge on any atom is 0.119 e. The zero-order chi connectivity index (χ0) is 16.1. The topological polar surface area (TPSA) is 53.2 Å². The average Bonchev–Trinajstić information content (AvgIpc) is 3.09. The Labute approximate surface area is 138 Å². The molecule has 2 aromatic rings. The fourth-order valence-electron chi connectivity index (χ4n) is 3.24. The molecule has 0 amide bonds. The quantitative estimate of drug-likeness (QED) is 0.861. The third kappa shape index (κ3) is 3.92. The van der Waals surface area contributed by atoms with Gasteiger partial charge in [-0.15, -0.1) is 0 Å². The molecular weight excluding hydrogens is 288 g/mol. The molecule has 2 heterocycles. The zero-order valence-electron chi connectivity index (χ0n) is 14.0. The second-order valence-electron chi connectivity index (χ2n) is 6.12. The molecule has 0 saturated carbocycles. The summed E-state index contributed by atoms with van der Waals surface area (Å²) in [4.78, 5) is 2.51. The molecule has 1 aliphatic heterocycles. The molecule has 1 atom stereocenters. The molecular formula is C18H26N4O. The summed E-state index contributed by atoms with van der Waals surface area (Å²) in [6.07, 6.45) is 4.45. The van der Waals surface area contributed by atoms with Gasteiger partial charge in [0.15, 0.2) is 0 Å². The van der Waals surface area contributed by atoms with Crippen molar-refractivity contribution in [3.63, 3.8) is 0 Å². The van der Waals surface area contributed by atoms with E-state index in [1.807, 2.05) is 24.4 Å². The Morgan fingerprint density at radius 3 is 3.17 bits per heavy atom. The van der Waals surface area contributed by atoms with Crippen molar-refractivity contribution < 1.29 is 4.74 Å². The van der Waals surface area contributed by atoms with E-state index in [1.54, 1.807) is 7.11 Å². The van der Waals surface area contributed by atoms with E-state index >= 15 is 0 Å². The summed E-state index contributed by atoms with van der Waals surface area (Å²) in [6.45, 7) is 6.59. The summed E-state index contributed by atoms with van der Waals surface area (Å²) in [6, 6.07) is 8.65. The molecule has 0 aliphatic carbocycles. The summed E-state index contributed by atoms with van der Waals surface area (Å²) in [5.74, 6) is 0.863. The average molecular weight is 314 g/mol. The molecule has 0 unspecified atom stereocenters. The fraction of sp³-hybridized carbons (Fsp3) is 0.500. The minimum absolute atomic E-state index is 0.566. The van der Waals surface area contributed by atoms with Crippen molar-refractivity contribution >= 4 is 0 Å². The number of likely N-dealkylation sites (N-methyl/N-ethyl adjacent to an activating group) is 1. The highest BCUT2D eigenvalue weighted by Crippen LogP contribution is 2.25. The van der Waals surface area contributed by atoms with E-state index in [0.717, 1.165) is 36.6 Å². The second-order valence-corrected chi connectivity index (χ2v) is 6.12. The highest BCUT2D eigenvalue weighted by Gasteiger charge is 2.18. The molecule has 2 N–H and O–H groups in total. The lowest BCUT2D eigenvalue weighted by Gasteiger charge is -2.32. The Kier molecular flexibility index (Phi) is 5.31. The second kappa shape index (κ2) is 7.62. The van der Waals surface area contributed by atoms with Gasteiger partial charge in [0.25, 0.3) is 0 Å². The van der Waals surface area contributed by atoms with Crippen LogP contribution >= 0.6 is 0 Å². The summed E-state index contributed by atoms with van der Waals surface area (Å²) < 4.78 is 5.32. The van der Waals surface area contributed by atoms with Crippen molar-refractivity contribution in [2.75, 3.05) is 26.7 Å². The van der Waals surface area contributed by atoms with Gasteiger partial charge in [-0.25, -0.2) is 0 Å². The molecule has 0 spiro atoms. The predicted molar refractivity (Wildman–Crippen MR) is 92.6 cm³/mol. The lowest BCUT2D eigenvalue weighted by atomic mass is 10.0. The number of likely N-dealkylation sites (tertiary alicyclic amines) is 1. The smallest absolute Gasteiger partial charge is 0.119 e. The van der Waals surface area contributed by atoms with Crippen LogP contribution in [0.4, 0.5) is 0 Å². The first-order valence-electron chi connectivity index (χ1n) is 8.42. The third-order valence-corrected chi connectivity index (χ3v) is 4.61. The minimum atomic E-state index is 0.566. The number of H-pyrrole nitrogens is 1. The van der Waals surface area contributed by atoms with Gasteiger partial charge in [0.2, 0.25) is 0 Å². The van der Waals surface area contributed by atoms with Crippen molar-refractivity contribution in [2.45, 2.75) is 32.4 Å². The normalized spacial score (nSPS) is 19.0. The number of aromatic amines is 1. The number of benzene rings is 1. The van der Waals surface area contributed by atoms with Crippen molar-refractivity contribution in [3.8, 4) is 17.0 Å². The van der Waals surface area contributed by atoms with E-state index in [2.05, 4.69) is 33.4 Å². The number of piperidine rings is 1. The van der Waals surface area contributed by atoms with Gasteiger partial charge < -0.3 is 15.0 Å². The molecule has 1 fully saturated rings. The van der Waals surface area contributed by atoms with Crippen LogP contribution in [-0.2, 0) is 6.54 Å². The van der Waals surface area contributed by atoms with Crippen LogP contribution in [0.5, 0.6) is 5.75 Å². The van der Waals surface area contributed by atoms with Crippen molar-refractivity contribution in [1.82, 2.24) is 20.4 Å². The molecule has 1 aromatic heterocycles. The Morgan fingerprint density at radius 1 is 1.43 bits per heavy atom. The van der Waals surface area contributed by atoms with Gasteiger partial charge in [-0.05, 0) is 38.1 Å². The van der Waals surface area contributed by atoms with E-state index in [-0.39, 0.29) is 0 Å². The van der Waals surface area contributed by atoms with E-state index in [4.69, 9.17) is 4.74 Å². The van der Waals surface area contributed by atoms with Crippen LogP contribution in [0.2, 0.25) is 0 Å². The van der Waals surface area contributed by atoms with Gasteiger partial charge in [-0.1, -0.05) is 19.1 Å². The van der Waals surface area contributed by atoms with E-state index < -0.39 is 0 Å². The first-order valence-corrected chi connectivity index (χ1v) is 8.42. The van der Waals surface area contributed by atoms with Crippen LogP contribution in [0.25, 0.3) is 11.3 Å². The first-order chi connectivity index (χ1) is 11.3. The van der Waals surface area contributed by atoms with Gasteiger partial charge in [-0.2, -0.15) is 5.10 Å². The largest absolute Gasteiger partial charge is 0.497 e. The molecule has 1 aliphatic rings.